The summed E-state index contributed by atoms with van der Waals surface area (Å²) in [5, 5.41) is 3.62. The molecule has 48 heavy (non-hydrogen) atoms. The molecule has 6 aliphatic rings. The lowest BCUT2D eigenvalue weighted by Gasteiger charge is -2.41. The van der Waals surface area contributed by atoms with Gasteiger partial charge in [0.25, 0.3) is 5.56 Å². The Morgan fingerprint density at radius 1 is 1.17 bits per heavy atom. The van der Waals surface area contributed by atoms with Gasteiger partial charge in [-0.05, 0) is 44.2 Å². The molecule has 256 valence electrons. The molecule has 3 unspecified atom stereocenters. The minimum atomic E-state index is -4.95. The van der Waals surface area contributed by atoms with Gasteiger partial charge in [-0.1, -0.05) is 0 Å². The topological polar surface area (TPSA) is 124 Å². The van der Waals surface area contributed by atoms with Crippen molar-refractivity contribution >= 4 is 22.7 Å². The van der Waals surface area contributed by atoms with Crippen molar-refractivity contribution in [3.63, 3.8) is 0 Å². The van der Waals surface area contributed by atoms with E-state index in [1.807, 2.05) is 0 Å². The number of nitrogens with one attached hydrogen (secondary N) is 1. The molecule has 9 rings (SSSR count). The Labute approximate surface area is 271 Å². The van der Waals surface area contributed by atoms with Gasteiger partial charge in [-0.3, -0.25) is 9.69 Å². The lowest BCUT2D eigenvalue weighted by Crippen LogP contribution is -2.58. The molecule has 0 aliphatic carbocycles. The Kier molecular flexibility index (Phi) is 6.47. The van der Waals surface area contributed by atoms with E-state index in [0.29, 0.717) is 45.0 Å². The highest BCUT2D eigenvalue weighted by molar-refractivity contribution is 5.91. The molecule has 0 saturated carbocycles. The lowest BCUT2D eigenvalue weighted by molar-refractivity contribution is -0.137. The fourth-order valence-corrected chi connectivity index (χ4v) is 9.54. The van der Waals surface area contributed by atoms with Gasteiger partial charge in [-0.2, -0.15) is 23.1 Å². The average molecular weight is 675 g/mol. The summed E-state index contributed by atoms with van der Waals surface area (Å²) in [5.41, 5.74) is 0.697. The molecule has 5 fully saturated rings. The summed E-state index contributed by atoms with van der Waals surface area (Å²) in [6, 6.07) is 0.997. The molecule has 0 amide bonds. The van der Waals surface area contributed by atoms with Crippen molar-refractivity contribution in [1.82, 2.24) is 29.7 Å². The Balaban J connectivity index is 1.22. The van der Waals surface area contributed by atoms with Crippen LogP contribution in [0.4, 0.5) is 33.6 Å². The maximum atomic E-state index is 16.9. The van der Waals surface area contributed by atoms with Crippen LogP contribution in [0.3, 0.4) is 0 Å². The van der Waals surface area contributed by atoms with Gasteiger partial charge < -0.3 is 30.0 Å². The van der Waals surface area contributed by atoms with E-state index in [9.17, 15) is 22.4 Å². The van der Waals surface area contributed by atoms with Crippen molar-refractivity contribution < 1.29 is 31.4 Å². The number of nitrogen functional groups attached to an aromatic ring is 1. The van der Waals surface area contributed by atoms with Gasteiger partial charge in [0.2, 0.25) is 0 Å². The molecule has 1 spiro atoms. The summed E-state index contributed by atoms with van der Waals surface area (Å²) < 4.78 is 88.1. The van der Waals surface area contributed by atoms with Crippen molar-refractivity contribution in [2.24, 2.45) is 5.41 Å². The van der Waals surface area contributed by atoms with Gasteiger partial charge in [0.05, 0.1) is 30.0 Å². The largest absolute Gasteiger partial charge is 0.461 e. The van der Waals surface area contributed by atoms with Crippen LogP contribution in [0, 0.1) is 18.2 Å². The van der Waals surface area contributed by atoms with E-state index in [1.54, 1.807) is 0 Å². The predicted octanol–water partition coefficient (Wildman–Crippen LogP) is 3.20. The van der Waals surface area contributed by atoms with Gasteiger partial charge in [-0.15, -0.1) is 0 Å². The highest BCUT2D eigenvalue weighted by Crippen LogP contribution is 2.52. The average Bonchev–Trinajstić information content (AvgIpc) is 3.59. The smallest absolute Gasteiger partial charge is 0.418 e. The molecule has 0 radical (unpaired) electrons. The highest BCUT2D eigenvalue weighted by Gasteiger charge is 2.61. The minimum absolute atomic E-state index is 0.0403. The van der Waals surface area contributed by atoms with Crippen LogP contribution in [0.5, 0.6) is 6.01 Å². The summed E-state index contributed by atoms with van der Waals surface area (Å²) in [6.45, 7) is 4.03. The summed E-state index contributed by atoms with van der Waals surface area (Å²) in [5.74, 6) is -1.24. The third kappa shape index (κ3) is 4.40. The molecule has 0 aromatic carbocycles. The molecule has 9 heterocycles. The summed E-state index contributed by atoms with van der Waals surface area (Å²) in [6.07, 6.45) is -2.73. The number of ether oxygens (including phenoxy) is 2. The van der Waals surface area contributed by atoms with Crippen LogP contribution in [0.1, 0.15) is 43.2 Å². The van der Waals surface area contributed by atoms with E-state index in [-0.39, 0.29) is 78.1 Å². The Bertz CT molecular complexity index is 1920. The summed E-state index contributed by atoms with van der Waals surface area (Å²) in [4.78, 5) is 31.5. The number of piperazine rings is 1. The van der Waals surface area contributed by atoms with Crippen molar-refractivity contribution in [3.05, 3.63) is 33.4 Å². The van der Waals surface area contributed by atoms with Gasteiger partial charge in [0, 0.05) is 56.1 Å². The number of alkyl halides is 4. The van der Waals surface area contributed by atoms with Crippen molar-refractivity contribution in [2.75, 3.05) is 50.1 Å². The molecule has 3 N–H and O–H groups in total. The summed E-state index contributed by atoms with van der Waals surface area (Å²) in [7, 11) is 0. The van der Waals surface area contributed by atoms with Crippen LogP contribution in [0.2, 0.25) is 0 Å². The first-order chi connectivity index (χ1) is 22.8. The maximum Gasteiger partial charge on any atom is 0.418 e. The zero-order valence-electron chi connectivity index (χ0n) is 26.2. The second-order valence-electron chi connectivity index (χ2n) is 14.7. The van der Waals surface area contributed by atoms with Crippen molar-refractivity contribution in [1.29, 1.82) is 0 Å². The highest BCUT2D eigenvalue weighted by atomic mass is 19.4. The van der Waals surface area contributed by atoms with Crippen LogP contribution < -0.4 is 26.2 Å². The van der Waals surface area contributed by atoms with Gasteiger partial charge in [0.1, 0.15) is 35.2 Å². The van der Waals surface area contributed by atoms with Gasteiger partial charge in [0.15, 0.2) is 11.6 Å². The van der Waals surface area contributed by atoms with Crippen molar-refractivity contribution in [2.45, 2.75) is 81.6 Å². The van der Waals surface area contributed by atoms with Gasteiger partial charge in [-0.25, -0.2) is 13.8 Å². The molecule has 2 bridgehead atoms. The zero-order chi connectivity index (χ0) is 33.3. The van der Waals surface area contributed by atoms with Crippen molar-refractivity contribution in [3.8, 4) is 17.3 Å². The zero-order valence-corrected chi connectivity index (χ0v) is 26.2. The SMILES string of the molecule is Cc1cc(N)nc(-c2c(F)c3nc(OC[C@]45C[C@@H](F)CN4CC4(COC4)C5)nc4c3n(c2=O)CCC2C3CCC(CN42)N3)c1C(F)(F)F. The molecular formula is C32H35F5N8O3. The first-order valence-electron chi connectivity index (χ1n) is 16.5. The number of aromatic nitrogens is 4. The van der Waals surface area contributed by atoms with E-state index in [0.717, 1.165) is 18.9 Å². The van der Waals surface area contributed by atoms with Crippen LogP contribution in [0.15, 0.2) is 10.9 Å². The molecule has 5 saturated heterocycles. The van der Waals surface area contributed by atoms with Crippen LogP contribution >= 0.6 is 0 Å². The number of anilines is 2. The summed E-state index contributed by atoms with van der Waals surface area (Å²) >= 11 is 0. The number of hydrogen-bond donors (Lipinski definition) is 2. The Hall–Kier alpha value is -3.63. The first-order valence-corrected chi connectivity index (χ1v) is 16.5. The standard InChI is InChI=1S/C32H35F5N8O3/c1-15-6-20(38)40-24(22(15)32(35,36)37)21-23(34)25-26-27(45-9-17-2-3-18(39-17)19(45)4-5-44(26)28(21)46)42-29(41-25)48-14-31-7-16(33)8-43(31)11-30(10-31)12-47-13-30/h6,16-19,39H,2-5,7-14H2,1H3,(H2,38,40)/t16-,17?,18?,19?,31-/m1/s1. The normalized spacial score (nSPS) is 30.4. The third-order valence-corrected chi connectivity index (χ3v) is 11.4. The number of nitrogens with two attached hydrogens (primary N) is 1. The lowest BCUT2D eigenvalue weighted by atomic mass is 9.78. The third-order valence-electron chi connectivity index (χ3n) is 11.4. The molecular weight excluding hydrogens is 639 g/mol. The first kappa shape index (κ1) is 30.4. The number of rotatable bonds is 4. The van der Waals surface area contributed by atoms with Gasteiger partial charge >= 0.3 is 12.2 Å². The molecule has 6 aliphatic heterocycles. The van der Waals surface area contributed by atoms with Crippen LogP contribution in [-0.2, 0) is 17.5 Å². The quantitative estimate of drug-likeness (QED) is 0.399. The second kappa shape index (κ2) is 10.2. The number of halogens is 5. The number of nitrogens with zero attached hydrogens (tertiary/aromatic N) is 6. The Morgan fingerprint density at radius 3 is 2.73 bits per heavy atom. The Morgan fingerprint density at radius 2 is 1.98 bits per heavy atom. The fourth-order valence-electron chi connectivity index (χ4n) is 9.54. The van der Waals surface area contributed by atoms with E-state index in [4.69, 9.17) is 20.2 Å². The fraction of sp³-hybridized carbons (Fsp3) is 0.625. The predicted molar refractivity (Wildman–Crippen MR) is 164 cm³/mol. The molecule has 5 atom stereocenters. The van der Waals surface area contributed by atoms with Crippen LogP contribution in [0.25, 0.3) is 22.3 Å². The monoisotopic (exact) mass is 674 g/mol. The van der Waals surface area contributed by atoms with E-state index < -0.39 is 46.1 Å². The molecule has 3 aromatic rings. The number of hydrogen-bond acceptors (Lipinski definition) is 10. The van der Waals surface area contributed by atoms with Crippen LogP contribution in [-0.4, -0.2) is 93.7 Å². The number of aryl methyl sites for hydroxylation is 2. The van der Waals surface area contributed by atoms with E-state index in [2.05, 4.69) is 25.1 Å². The van der Waals surface area contributed by atoms with E-state index in [1.165, 1.54) is 11.5 Å². The second-order valence-corrected chi connectivity index (χ2v) is 14.7. The molecule has 16 heteroatoms. The molecule has 3 aromatic heterocycles. The number of fused-ring (bicyclic) bond motifs is 6. The number of pyridine rings is 2. The van der Waals surface area contributed by atoms with E-state index >= 15 is 4.39 Å². The maximum absolute atomic E-state index is 16.9. The minimum Gasteiger partial charge on any atom is -0.461 e. The molecule has 11 nitrogen and oxygen atoms in total.